The van der Waals surface area contributed by atoms with E-state index in [0.29, 0.717) is 12.1 Å². The molecule has 0 unspecified atom stereocenters. The predicted molar refractivity (Wildman–Crippen MR) is 55.0 cm³/mol. The molecule has 0 bridgehead atoms. The van der Waals surface area contributed by atoms with Gasteiger partial charge in [-0.1, -0.05) is 6.07 Å². The Morgan fingerprint density at radius 3 is 2.93 bits per heavy atom. The topological polar surface area (TPSA) is 54.5 Å². The Bertz CT molecular complexity index is 494. The van der Waals surface area contributed by atoms with Crippen molar-refractivity contribution in [2.75, 3.05) is 0 Å². The van der Waals surface area contributed by atoms with Crippen LogP contribution in [0.4, 0.5) is 0 Å². The summed E-state index contributed by atoms with van der Waals surface area (Å²) in [5, 5.41) is 12.8. The number of hydrogen-bond donors (Lipinski definition) is 0. The second-order valence-electron chi connectivity index (χ2n) is 3.35. The van der Waals surface area contributed by atoms with Crippen LogP contribution < -0.4 is 0 Å². The highest BCUT2D eigenvalue weighted by atomic mass is 15.3. The zero-order chi connectivity index (χ0) is 10.7. The average molecular weight is 198 g/mol. The molecule has 2 rings (SSSR count). The van der Waals surface area contributed by atoms with Crippen LogP contribution in [0.2, 0.25) is 0 Å². The summed E-state index contributed by atoms with van der Waals surface area (Å²) in [5.74, 6) is 0. The summed E-state index contributed by atoms with van der Waals surface area (Å²) < 4.78 is 1.76. The van der Waals surface area contributed by atoms with Crippen molar-refractivity contribution in [3.63, 3.8) is 0 Å². The van der Waals surface area contributed by atoms with E-state index in [0.717, 1.165) is 11.1 Å². The number of aromatic nitrogens is 3. The Morgan fingerprint density at radius 2 is 2.33 bits per heavy atom. The summed E-state index contributed by atoms with van der Waals surface area (Å²) in [5.41, 5.74) is 2.94. The zero-order valence-electron chi connectivity index (χ0n) is 8.38. The maximum atomic E-state index is 8.73. The fourth-order valence-electron chi connectivity index (χ4n) is 1.43. The van der Waals surface area contributed by atoms with Gasteiger partial charge < -0.3 is 0 Å². The van der Waals surface area contributed by atoms with Crippen LogP contribution in [-0.4, -0.2) is 14.8 Å². The van der Waals surface area contributed by atoms with Gasteiger partial charge in [-0.3, -0.25) is 0 Å². The van der Waals surface area contributed by atoms with Gasteiger partial charge in [-0.15, -0.1) is 0 Å². The number of nitrogens with zero attached hydrogens (tertiary/aromatic N) is 4. The molecule has 0 spiro atoms. The largest absolute Gasteiger partial charge is 0.249 e. The van der Waals surface area contributed by atoms with E-state index in [1.807, 2.05) is 25.1 Å². The molecule has 1 aromatic heterocycles. The van der Waals surface area contributed by atoms with Crippen LogP contribution in [0.5, 0.6) is 0 Å². The molecule has 15 heavy (non-hydrogen) atoms. The Morgan fingerprint density at radius 1 is 1.47 bits per heavy atom. The van der Waals surface area contributed by atoms with Gasteiger partial charge in [0.15, 0.2) is 0 Å². The molecule has 1 aromatic carbocycles. The van der Waals surface area contributed by atoms with Crippen LogP contribution in [0, 0.1) is 18.3 Å². The first kappa shape index (κ1) is 9.41. The molecule has 0 fully saturated rings. The van der Waals surface area contributed by atoms with Crippen molar-refractivity contribution in [2.24, 2.45) is 0 Å². The van der Waals surface area contributed by atoms with Gasteiger partial charge in [-0.25, -0.2) is 9.67 Å². The lowest BCUT2D eigenvalue weighted by molar-refractivity contribution is 0.682. The minimum absolute atomic E-state index is 0.690. The molecule has 0 radical (unpaired) electrons. The molecule has 0 atom stereocenters. The van der Waals surface area contributed by atoms with Crippen molar-refractivity contribution in [3.05, 3.63) is 47.5 Å². The molecule has 0 amide bonds. The molecule has 74 valence electrons. The molecule has 4 heteroatoms. The molecule has 0 aliphatic rings. The SMILES string of the molecule is Cc1cc(C#N)ccc1Cn1cncn1. The van der Waals surface area contributed by atoms with Gasteiger partial charge in [0, 0.05) is 0 Å². The lowest BCUT2D eigenvalue weighted by Crippen LogP contribution is -2.01. The van der Waals surface area contributed by atoms with Gasteiger partial charge in [-0.2, -0.15) is 10.4 Å². The minimum Gasteiger partial charge on any atom is -0.249 e. The van der Waals surface area contributed by atoms with Crippen LogP contribution in [0.25, 0.3) is 0 Å². The van der Waals surface area contributed by atoms with E-state index in [2.05, 4.69) is 16.2 Å². The molecular weight excluding hydrogens is 188 g/mol. The lowest BCUT2D eigenvalue weighted by Gasteiger charge is -2.05. The monoisotopic (exact) mass is 198 g/mol. The highest BCUT2D eigenvalue weighted by Crippen LogP contribution is 2.11. The fourth-order valence-corrected chi connectivity index (χ4v) is 1.43. The van der Waals surface area contributed by atoms with Crippen LogP contribution in [0.1, 0.15) is 16.7 Å². The van der Waals surface area contributed by atoms with Crippen molar-refractivity contribution >= 4 is 0 Å². The first-order chi connectivity index (χ1) is 7.29. The molecule has 0 aliphatic heterocycles. The van der Waals surface area contributed by atoms with Crippen molar-refractivity contribution in [1.82, 2.24) is 14.8 Å². The lowest BCUT2D eigenvalue weighted by atomic mass is 10.1. The number of aryl methyl sites for hydroxylation is 1. The third-order valence-corrected chi connectivity index (χ3v) is 2.27. The zero-order valence-corrected chi connectivity index (χ0v) is 8.38. The van der Waals surface area contributed by atoms with Crippen LogP contribution >= 0.6 is 0 Å². The molecule has 0 aliphatic carbocycles. The highest BCUT2D eigenvalue weighted by molar-refractivity contribution is 5.37. The number of benzene rings is 1. The second-order valence-corrected chi connectivity index (χ2v) is 3.35. The standard InChI is InChI=1S/C11H10N4/c1-9-4-10(5-12)2-3-11(9)6-15-8-13-7-14-15/h2-4,7-8H,6H2,1H3. The highest BCUT2D eigenvalue weighted by Gasteiger charge is 2.01. The van der Waals surface area contributed by atoms with Gasteiger partial charge in [0.1, 0.15) is 12.7 Å². The van der Waals surface area contributed by atoms with Gasteiger partial charge in [0.25, 0.3) is 0 Å². The molecule has 2 aromatic rings. The van der Waals surface area contributed by atoms with E-state index < -0.39 is 0 Å². The Labute approximate surface area is 87.8 Å². The first-order valence-electron chi connectivity index (χ1n) is 4.61. The third kappa shape index (κ3) is 2.02. The smallest absolute Gasteiger partial charge is 0.137 e. The minimum atomic E-state index is 0.690. The van der Waals surface area contributed by atoms with Crippen molar-refractivity contribution in [3.8, 4) is 6.07 Å². The Kier molecular flexibility index (Phi) is 2.46. The van der Waals surface area contributed by atoms with Gasteiger partial charge in [0.05, 0.1) is 18.2 Å². The van der Waals surface area contributed by atoms with Crippen LogP contribution in [-0.2, 0) is 6.54 Å². The third-order valence-electron chi connectivity index (χ3n) is 2.27. The molecule has 4 nitrogen and oxygen atoms in total. The maximum absolute atomic E-state index is 8.73. The number of nitriles is 1. The summed E-state index contributed by atoms with van der Waals surface area (Å²) in [4.78, 5) is 3.88. The van der Waals surface area contributed by atoms with E-state index in [4.69, 9.17) is 5.26 Å². The van der Waals surface area contributed by atoms with Gasteiger partial charge >= 0.3 is 0 Å². The van der Waals surface area contributed by atoms with Gasteiger partial charge in [-0.05, 0) is 30.2 Å². The number of hydrogen-bond acceptors (Lipinski definition) is 3. The summed E-state index contributed by atoms with van der Waals surface area (Å²) in [7, 11) is 0. The van der Waals surface area contributed by atoms with E-state index in [1.54, 1.807) is 11.0 Å². The molecular formula is C11H10N4. The van der Waals surface area contributed by atoms with E-state index >= 15 is 0 Å². The molecule has 0 saturated carbocycles. The Hall–Kier alpha value is -2.15. The summed E-state index contributed by atoms with van der Waals surface area (Å²) >= 11 is 0. The summed E-state index contributed by atoms with van der Waals surface area (Å²) in [6.45, 7) is 2.69. The van der Waals surface area contributed by atoms with Crippen LogP contribution in [0.15, 0.2) is 30.9 Å². The summed E-state index contributed by atoms with van der Waals surface area (Å²) in [6.07, 6.45) is 3.19. The summed E-state index contributed by atoms with van der Waals surface area (Å²) in [6, 6.07) is 7.77. The molecule has 1 heterocycles. The van der Waals surface area contributed by atoms with E-state index in [1.165, 1.54) is 6.33 Å². The second kappa shape index (κ2) is 3.93. The van der Waals surface area contributed by atoms with Crippen molar-refractivity contribution in [1.29, 1.82) is 5.26 Å². The van der Waals surface area contributed by atoms with Crippen molar-refractivity contribution < 1.29 is 0 Å². The molecule has 0 saturated heterocycles. The average Bonchev–Trinajstić information content (AvgIpc) is 2.74. The fraction of sp³-hybridized carbons (Fsp3) is 0.182. The Balaban J connectivity index is 2.27. The van der Waals surface area contributed by atoms with E-state index in [-0.39, 0.29) is 0 Å². The predicted octanol–water partition coefficient (Wildman–Crippen LogP) is 1.51. The number of rotatable bonds is 2. The molecule has 0 N–H and O–H groups in total. The first-order valence-corrected chi connectivity index (χ1v) is 4.61. The van der Waals surface area contributed by atoms with Crippen molar-refractivity contribution in [2.45, 2.75) is 13.5 Å². The normalized spacial score (nSPS) is 9.87. The quantitative estimate of drug-likeness (QED) is 0.734. The van der Waals surface area contributed by atoms with Crippen LogP contribution in [0.3, 0.4) is 0 Å². The maximum Gasteiger partial charge on any atom is 0.137 e. The van der Waals surface area contributed by atoms with E-state index in [9.17, 15) is 0 Å². The van der Waals surface area contributed by atoms with Gasteiger partial charge in [0.2, 0.25) is 0 Å².